The van der Waals surface area contributed by atoms with Crippen LogP contribution >= 0.6 is 0 Å². The van der Waals surface area contributed by atoms with Crippen LogP contribution in [0, 0.1) is 11.8 Å². The number of hydrogen-bond donors (Lipinski definition) is 2. The van der Waals surface area contributed by atoms with Gasteiger partial charge in [0.25, 0.3) is 0 Å². The number of ether oxygens (including phenoxy) is 1. The standard InChI is InChI=1S/C27H39N3O5/c1-20-5-7-21(8-6-20)4-2-3-16-28-24(31)18-35-19-25(32)29-23-12-9-22(10-13-23)11-14-26(33)30-17-15-27(30)34/h9-10,12-13,20-21H,2-8,11,14-19H2,1H3,(H,28,31)(H,29,32). The third-order valence-electron chi connectivity index (χ3n) is 6.98. The van der Waals surface area contributed by atoms with E-state index < -0.39 is 0 Å². The van der Waals surface area contributed by atoms with Crippen LogP contribution in [0.3, 0.4) is 0 Å². The summed E-state index contributed by atoms with van der Waals surface area (Å²) in [5.41, 5.74) is 1.56. The number of carbonyl (C=O) groups excluding carboxylic acids is 4. The van der Waals surface area contributed by atoms with Crippen molar-refractivity contribution >= 4 is 29.3 Å². The number of likely N-dealkylation sites (tertiary alicyclic amines) is 1. The zero-order valence-electron chi connectivity index (χ0n) is 20.9. The summed E-state index contributed by atoms with van der Waals surface area (Å²) < 4.78 is 5.23. The number of aryl methyl sites for hydroxylation is 1. The molecule has 1 aromatic rings. The minimum absolute atomic E-state index is 0.104. The molecule has 3 rings (SSSR count). The Morgan fingerprint density at radius 2 is 1.71 bits per heavy atom. The van der Waals surface area contributed by atoms with E-state index in [9.17, 15) is 19.2 Å². The van der Waals surface area contributed by atoms with Gasteiger partial charge in [-0.25, -0.2) is 0 Å². The van der Waals surface area contributed by atoms with E-state index in [0.717, 1.165) is 30.2 Å². The lowest BCUT2D eigenvalue weighted by atomic mass is 9.81. The highest BCUT2D eigenvalue weighted by molar-refractivity contribution is 5.99. The fraction of sp³-hybridized carbons (Fsp3) is 0.630. The van der Waals surface area contributed by atoms with E-state index >= 15 is 0 Å². The van der Waals surface area contributed by atoms with E-state index in [-0.39, 0.29) is 43.3 Å². The number of β-lactam (4-membered cyclic amide) rings is 1. The first-order chi connectivity index (χ1) is 16.9. The molecule has 2 N–H and O–H groups in total. The van der Waals surface area contributed by atoms with Crippen LogP contribution in [0.1, 0.15) is 70.3 Å². The maximum atomic E-state index is 12.1. The third-order valence-corrected chi connectivity index (χ3v) is 6.98. The van der Waals surface area contributed by atoms with Crippen LogP contribution in [-0.4, -0.2) is 54.8 Å². The average Bonchev–Trinajstić information content (AvgIpc) is 2.83. The van der Waals surface area contributed by atoms with Gasteiger partial charge in [-0.05, 0) is 42.4 Å². The fourth-order valence-corrected chi connectivity index (χ4v) is 4.61. The van der Waals surface area contributed by atoms with Crippen LogP contribution in [0.15, 0.2) is 24.3 Å². The van der Waals surface area contributed by atoms with Gasteiger partial charge in [-0.3, -0.25) is 24.1 Å². The summed E-state index contributed by atoms with van der Waals surface area (Å²) >= 11 is 0. The average molecular weight is 486 g/mol. The monoisotopic (exact) mass is 485 g/mol. The number of rotatable bonds is 13. The molecule has 2 aliphatic rings. The molecule has 1 saturated carbocycles. The number of nitrogens with zero attached hydrogens (tertiary/aromatic N) is 1. The highest BCUT2D eigenvalue weighted by Crippen LogP contribution is 2.31. The number of carbonyl (C=O) groups is 4. The lowest BCUT2D eigenvalue weighted by Crippen LogP contribution is -2.47. The minimum Gasteiger partial charge on any atom is -0.362 e. The van der Waals surface area contributed by atoms with Crippen LogP contribution in [0.2, 0.25) is 0 Å². The molecule has 8 heteroatoms. The first kappa shape index (κ1) is 26.9. The molecule has 0 unspecified atom stereocenters. The van der Waals surface area contributed by atoms with E-state index in [1.165, 1.54) is 37.0 Å². The summed E-state index contributed by atoms with van der Waals surface area (Å²) in [5, 5.41) is 5.58. The van der Waals surface area contributed by atoms with Crippen molar-refractivity contribution in [3.63, 3.8) is 0 Å². The molecule has 35 heavy (non-hydrogen) atoms. The highest BCUT2D eigenvalue weighted by Gasteiger charge is 2.29. The van der Waals surface area contributed by atoms with Crippen LogP contribution in [0.5, 0.6) is 0 Å². The van der Waals surface area contributed by atoms with E-state index in [4.69, 9.17) is 4.74 Å². The van der Waals surface area contributed by atoms with Gasteiger partial charge in [-0.1, -0.05) is 57.6 Å². The molecule has 0 radical (unpaired) electrons. The van der Waals surface area contributed by atoms with Crippen LogP contribution in [0.4, 0.5) is 5.69 Å². The summed E-state index contributed by atoms with van der Waals surface area (Å²) in [6, 6.07) is 7.19. The zero-order valence-corrected chi connectivity index (χ0v) is 20.9. The number of imide groups is 1. The molecule has 0 atom stereocenters. The predicted molar refractivity (Wildman–Crippen MR) is 134 cm³/mol. The summed E-state index contributed by atoms with van der Waals surface area (Å²) in [5.74, 6) is 0.945. The first-order valence-corrected chi connectivity index (χ1v) is 13.0. The van der Waals surface area contributed by atoms with Crippen molar-refractivity contribution in [1.29, 1.82) is 0 Å². The van der Waals surface area contributed by atoms with Gasteiger partial charge in [0, 0.05) is 31.6 Å². The van der Waals surface area contributed by atoms with Crippen LogP contribution in [-0.2, 0) is 30.3 Å². The van der Waals surface area contributed by atoms with Crippen molar-refractivity contribution in [2.45, 2.75) is 71.1 Å². The van der Waals surface area contributed by atoms with Gasteiger partial charge < -0.3 is 15.4 Å². The van der Waals surface area contributed by atoms with Crippen molar-refractivity contribution in [2.24, 2.45) is 11.8 Å². The zero-order chi connectivity index (χ0) is 25.0. The number of unbranched alkanes of at least 4 members (excludes halogenated alkanes) is 1. The van der Waals surface area contributed by atoms with Gasteiger partial charge in [-0.2, -0.15) is 0 Å². The molecule has 0 spiro atoms. The molecule has 192 valence electrons. The van der Waals surface area contributed by atoms with Crippen molar-refractivity contribution in [1.82, 2.24) is 10.2 Å². The lowest BCUT2D eigenvalue weighted by Gasteiger charge is -2.28. The molecule has 1 aliphatic heterocycles. The molecule has 4 amide bonds. The molecule has 1 saturated heterocycles. The Labute approximate surface area is 208 Å². The second-order valence-electron chi connectivity index (χ2n) is 9.90. The SMILES string of the molecule is CC1CCC(CCCCNC(=O)COCC(=O)Nc2ccc(CCC(=O)N3CCC3=O)cc2)CC1. The Morgan fingerprint density at radius 3 is 2.37 bits per heavy atom. The molecule has 1 aliphatic carbocycles. The number of hydrogen-bond acceptors (Lipinski definition) is 5. The van der Waals surface area contributed by atoms with Crippen molar-refractivity contribution in [3.8, 4) is 0 Å². The number of nitrogens with one attached hydrogen (secondary N) is 2. The number of amides is 4. The Balaban J connectivity index is 1.20. The van der Waals surface area contributed by atoms with E-state index in [1.54, 1.807) is 12.1 Å². The quantitative estimate of drug-likeness (QED) is 0.329. The van der Waals surface area contributed by atoms with Crippen molar-refractivity contribution in [3.05, 3.63) is 29.8 Å². The molecule has 0 bridgehead atoms. The molecular weight excluding hydrogens is 446 g/mol. The van der Waals surface area contributed by atoms with Crippen molar-refractivity contribution < 1.29 is 23.9 Å². The first-order valence-electron chi connectivity index (χ1n) is 13.0. The summed E-state index contributed by atoms with van der Waals surface area (Å²) in [6.07, 6.45) is 10.0. The predicted octanol–water partition coefficient (Wildman–Crippen LogP) is 3.45. The van der Waals surface area contributed by atoms with Crippen LogP contribution < -0.4 is 10.6 Å². The summed E-state index contributed by atoms with van der Waals surface area (Å²) in [4.78, 5) is 48.5. The molecule has 2 fully saturated rings. The minimum atomic E-state index is -0.334. The van der Waals surface area contributed by atoms with Crippen molar-refractivity contribution in [2.75, 3.05) is 31.6 Å². The summed E-state index contributed by atoms with van der Waals surface area (Å²) in [6.45, 7) is 3.16. The molecule has 1 aromatic carbocycles. The fourth-order valence-electron chi connectivity index (χ4n) is 4.61. The third kappa shape index (κ3) is 9.43. The lowest BCUT2D eigenvalue weighted by molar-refractivity contribution is -0.152. The maximum Gasteiger partial charge on any atom is 0.250 e. The number of benzene rings is 1. The van der Waals surface area contributed by atoms with E-state index in [2.05, 4.69) is 17.6 Å². The highest BCUT2D eigenvalue weighted by atomic mass is 16.5. The molecular formula is C27H39N3O5. The molecule has 8 nitrogen and oxygen atoms in total. The number of anilines is 1. The Morgan fingerprint density at radius 1 is 1.00 bits per heavy atom. The van der Waals surface area contributed by atoms with Gasteiger partial charge in [0.15, 0.2) is 0 Å². The molecule has 0 aromatic heterocycles. The summed E-state index contributed by atoms with van der Waals surface area (Å²) in [7, 11) is 0. The van der Waals surface area contributed by atoms with Gasteiger partial charge >= 0.3 is 0 Å². The Kier molecular flexibility index (Phi) is 10.7. The maximum absolute atomic E-state index is 12.1. The van der Waals surface area contributed by atoms with Gasteiger partial charge in [0.1, 0.15) is 13.2 Å². The second-order valence-corrected chi connectivity index (χ2v) is 9.90. The molecule has 1 heterocycles. The van der Waals surface area contributed by atoms with Gasteiger partial charge in [-0.15, -0.1) is 0 Å². The van der Waals surface area contributed by atoms with E-state index in [0.29, 0.717) is 31.6 Å². The van der Waals surface area contributed by atoms with Crippen LogP contribution in [0.25, 0.3) is 0 Å². The Hall–Kier alpha value is -2.74. The Bertz CT molecular complexity index is 862. The smallest absolute Gasteiger partial charge is 0.250 e. The largest absolute Gasteiger partial charge is 0.362 e. The van der Waals surface area contributed by atoms with E-state index in [1.807, 2.05) is 12.1 Å². The van der Waals surface area contributed by atoms with Gasteiger partial charge in [0.2, 0.25) is 23.6 Å². The topological polar surface area (TPSA) is 105 Å². The normalized spacial score (nSPS) is 19.7. The second kappa shape index (κ2) is 14.0. The van der Waals surface area contributed by atoms with Gasteiger partial charge in [0.05, 0.1) is 0 Å².